The Kier molecular flexibility index (Phi) is 33.4. The Balaban J connectivity index is 1.36. The van der Waals surface area contributed by atoms with Crippen LogP contribution in [0.5, 0.6) is 0 Å². The molecule has 81 heavy (non-hydrogen) atoms. The molecule has 7 heteroatoms. The second-order valence-corrected chi connectivity index (χ2v) is 26.5. The maximum atomic E-state index is 13.6. The molecule has 5 atom stereocenters. The molecule has 0 unspecified atom stereocenters. The highest BCUT2D eigenvalue weighted by atomic mass is 16.6. The van der Waals surface area contributed by atoms with Gasteiger partial charge in [-0.05, 0) is 116 Å². The van der Waals surface area contributed by atoms with Crippen LogP contribution < -0.4 is 0 Å². The largest absolute Gasteiger partial charge is 0.462 e. The van der Waals surface area contributed by atoms with Crippen LogP contribution in [0.25, 0.3) is 0 Å². The van der Waals surface area contributed by atoms with E-state index >= 15 is 0 Å². The van der Waals surface area contributed by atoms with Gasteiger partial charge in [-0.2, -0.15) is 0 Å². The first-order valence-electron chi connectivity index (χ1n) is 32.8. The predicted octanol–water partition coefficient (Wildman–Crippen LogP) is 20.7. The van der Waals surface area contributed by atoms with E-state index in [1.54, 1.807) is 0 Å². The van der Waals surface area contributed by atoms with Crippen molar-refractivity contribution in [1.29, 1.82) is 0 Å². The van der Waals surface area contributed by atoms with Gasteiger partial charge in [-0.1, -0.05) is 254 Å². The van der Waals surface area contributed by atoms with Gasteiger partial charge < -0.3 is 19.3 Å². The number of ether oxygens (including phenoxy) is 3. The lowest BCUT2D eigenvalue weighted by molar-refractivity contribution is -0.156. The summed E-state index contributed by atoms with van der Waals surface area (Å²) in [6.45, 7) is 25.0. The Bertz CT molecular complexity index is 2190. The van der Waals surface area contributed by atoms with E-state index in [-0.39, 0.29) is 40.8 Å². The van der Waals surface area contributed by atoms with Crippen LogP contribution in [0.2, 0.25) is 0 Å². The van der Waals surface area contributed by atoms with Gasteiger partial charge in [0.2, 0.25) is 0 Å². The Morgan fingerprint density at radius 2 is 0.951 bits per heavy atom. The topological polar surface area (TPSA) is 102 Å². The lowest BCUT2D eigenvalue weighted by atomic mass is 9.61. The van der Waals surface area contributed by atoms with Gasteiger partial charge in [0.05, 0.1) is 11.2 Å². The molecule has 3 rings (SSSR count). The molecule has 0 aromatic rings. The van der Waals surface area contributed by atoms with Crippen LogP contribution >= 0.6 is 0 Å². The molecule has 1 N–H and O–H groups in total. The summed E-state index contributed by atoms with van der Waals surface area (Å²) in [6.07, 6.45) is 62.3. The van der Waals surface area contributed by atoms with Crippen molar-refractivity contribution in [2.24, 2.45) is 10.8 Å². The fourth-order valence-corrected chi connectivity index (χ4v) is 12.7. The molecule has 0 amide bonds. The fourth-order valence-electron chi connectivity index (χ4n) is 12.7. The molecule has 3 aliphatic rings. The number of rotatable bonds is 41. The second-order valence-electron chi connectivity index (χ2n) is 26.5. The molecule has 1 aliphatic heterocycles. The summed E-state index contributed by atoms with van der Waals surface area (Å²) in [6, 6.07) is 0. The van der Waals surface area contributed by atoms with Crippen LogP contribution in [0.3, 0.4) is 0 Å². The molecule has 1 saturated heterocycles. The van der Waals surface area contributed by atoms with Crippen molar-refractivity contribution in [2.75, 3.05) is 0 Å². The van der Waals surface area contributed by atoms with Gasteiger partial charge in [0.1, 0.15) is 17.8 Å². The lowest BCUT2D eigenvalue weighted by Crippen LogP contribution is -2.49. The Hall–Kier alpha value is -4.03. The van der Waals surface area contributed by atoms with E-state index in [2.05, 4.69) is 85.4 Å². The average molecular weight is 1120 g/mol. The number of hydrogen-bond acceptors (Lipinski definition) is 7. The van der Waals surface area contributed by atoms with E-state index in [1.807, 2.05) is 82.4 Å². The molecule has 0 radical (unpaired) electrons. The van der Waals surface area contributed by atoms with E-state index in [0.717, 1.165) is 60.8 Å². The number of carbonyl (C=O) groups is 3. The Morgan fingerprint density at radius 1 is 0.531 bits per heavy atom. The van der Waals surface area contributed by atoms with Crippen molar-refractivity contribution in [3.8, 4) is 0 Å². The van der Waals surface area contributed by atoms with Crippen molar-refractivity contribution in [3.63, 3.8) is 0 Å². The van der Waals surface area contributed by atoms with E-state index in [0.29, 0.717) is 50.5 Å². The molecule has 2 saturated carbocycles. The minimum atomic E-state index is -1.13. The SMILES string of the molecule is CCCCCCCC/C=C\CCCCCCCC(=O)O[C@H]1CC(C)(C)[C@]2(CC(=O)/C(C)=C/C=C/C(C)=C/C=C/C=C(C)/C=C/C=C(\C)C=C=C3C(C)(C)C[C@H](OC(=O)CCCCCCCCCCCCCCC)C[C@@]3(C)O)O[C@]2(C)C1. The third-order valence-electron chi connectivity index (χ3n) is 17.5. The van der Waals surface area contributed by atoms with Gasteiger partial charge in [0.15, 0.2) is 5.78 Å². The number of carbonyl (C=O) groups excluding carboxylic acids is 3. The van der Waals surface area contributed by atoms with Crippen LogP contribution in [-0.4, -0.2) is 51.8 Å². The number of unbranched alkanes of at least 4 members (excludes halogenated alkanes) is 23. The number of Topliss-reactive ketones (excluding diaryl/α,β-unsaturated/α-hetero) is 1. The fraction of sp³-hybridized carbons (Fsp3) is 0.703. The smallest absolute Gasteiger partial charge is 0.306 e. The van der Waals surface area contributed by atoms with Gasteiger partial charge in [-0.25, -0.2) is 0 Å². The summed E-state index contributed by atoms with van der Waals surface area (Å²) < 4.78 is 18.5. The van der Waals surface area contributed by atoms with Crippen LogP contribution in [0.4, 0.5) is 0 Å². The minimum Gasteiger partial charge on any atom is -0.462 e. The summed E-state index contributed by atoms with van der Waals surface area (Å²) in [5, 5.41) is 11.6. The molecule has 456 valence electrons. The maximum Gasteiger partial charge on any atom is 0.306 e. The van der Waals surface area contributed by atoms with Crippen molar-refractivity contribution in [1.82, 2.24) is 0 Å². The molecule has 3 fully saturated rings. The third kappa shape index (κ3) is 27.5. The molecule has 2 aliphatic carbocycles. The zero-order chi connectivity index (χ0) is 59.6. The zero-order valence-electron chi connectivity index (χ0n) is 53.9. The average Bonchev–Trinajstić information content (AvgIpc) is 2.31. The van der Waals surface area contributed by atoms with Gasteiger partial charge in [-0.15, -0.1) is 5.73 Å². The first-order chi connectivity index (χ1) is 38.6. The van der Waals surface area contributed by atoms with Crippen LogP contribution in [-0.2, 0) is 28.6 Å². The monoisotopic (exact) mass is 1120 g/mol. The minimum absolute atomic E-state index is 0.0783. The molecule has 7 nitrogen and oxygen atoms in total. The number of aliphatic hydroxyl groups is 1. The van der Waals surface area contributed by atoms with E-state index in [4.69, 9.17) is 14.2 Å². The molecular formula is C74H118O7. The van der Waals surface area contributed by atoms with Gasteiger partial charge >= 0.3 is 11.9 Å². The number of esters is 2. The summed E-state index contributed by atoms with van der Waals surface area (Å²) in [5.74, 6) is -0.185. The Labute approximate surface area is 496 Å². The van der Waals surface area contributed by atoms with Gasteiger partial charge in [-0.3, -0.25) is 14.4 Å². The molecule has 0 aromatic heterocycles. The highest BCUT2D eigenvalue weighted by molar-refractivity contribution is 5.96. The van der Waals surface area contributed by atoms with Crippen LogP contribution in [0, 0.1) is 10.8 Å². The highest BCUT2D eigenvalue weighted by Gasteiger charge is 2.76. The molecular weight excluding hydrogens is 1000 g/mol. The number of epoxide rings is 1. The molecule has 0 aromatic carbocycles. The maximum absolute atomic E-state index is 13.6. The third-order valence-corrected chi connectivity index (χ3v) is 17.5. The molecule has 1 heterocycles. The van der Waals surface area contributed by atoms with E-state index < -0.39 is 16.8 Å². The van der Waals surface area contributed by atoms with Gasteiger partial charge in [0.25, 0.3) is 0 Å². The molecule has 0 spiro atoms. The predicted molar refractivity (Wildman–Crippen MR) is 342 cm³/mol. The second kappa shape index (κ2) is 38.0. The quantitative estimate of drug-likeness (QED) is 0.0124. The van der Waals surface area contributed by atoms with Crippen LogP contribution in [0.1, 0.15) is 295 Å². The summed E-state index contributed by atoms with van der Waals surface area (Å²) in [5.41, 5.74) is 5.24. The number of fused-ring (bicyclic) bond motifs is 1. The lowest BCUT2D eigenvalue weighted by Gasteiger charge is -2.44. The number of hydrogen-bond donors (Lipinski definition) is 1. The van der Waals surface area contributed by atoms with Gasteiger partial charge in [0, 0.05) is 43.1 Å². The standard InChI is InChI=1S/C74H118O7/c1-13-15-17-19-21-23-25-27-28-30-32-34-36-38-40-52-69(77)80-65-56-71(9,10)74(73(12,58-65)81-74)59-66(75)63(6)50-44-49-61(4)46-42-41-45-60(3)47-43-48-62(5)53-54-67-70(7,8)55-64(57-72(67,11)78)79-68(76)51-39-37-35-33-31-29-26-24-22-20-18-16-14-2/h27-28,41-50,53,64-65,78H,13-26,29-40,51-52,55-59H2,1-12H3/b28-27-,42-41+,47-43+,49-44+,60-45+,61-46+,62-48+,63-50+/t54?,64-,65-,72+,73+,74-/m0/s1. The summed E-state index contributed by atoms with van der Waals surface area (Å²) >= 11 is 0. The zero-order valence-corrected chi connectivity index (χ0v) is 53.9. The molecule has 0 bridgehead atoms. The van der Waals surface area contributed by atoms with Crippen molar-refractivity contribution in [3.05, 3.63) is 113 Å². The normalized spacial score (nSPS) is 24.1. The first-order valence-corrected chi connectivity index (χ1v) is 32.8. The Morgan fingerprint density at radius 3 is 1.41 bits per heavy atom. The highest BCUT2D eigenvalue weighted by Crippen LogP contribution is 2.67. The van der Waals surface area contributed by atoms with Crippen LogP contribution in [0.15, 0.2) is 113 Å². The summed E-state index contributed by atoms with van der Waals surface area (Å²) in [7, 11) is 0. The number of ketones is 1. The summed E-state index contributed by atoms with van der Waals surface area (Å²) in [4.78, 5) is 39.4. The van der Waals surface area contributed by atoms with E-state index in [1.165, 1.54) is 128 Å². The number of allylic oxidation sites excluding steroid dienone is 16. The van der Waals surface area contributed by atoms with Crippen molar-refractivity contribution < 1.29 is 33.7 Å². The van der Waals surface area contributed by atoms with Crippen molar-refractivity contribution in [2.45, 2.75) is 324 Å². The van der Waals surface area contributed by atoms with E-state index in [9.17, 15) is 19.5 Å². The first kappa shape index (κ1) is 71.2. The van der Waals surface area contributed by atoms with Crippen molar-refractivity contribution >= 4 is 17.7 Å².